The lowest BCUT2D eigenvalue weighted by molar-refractivity contribution is 1.37. The summed E-state index contributed by atoms with van der Waals surface area (Å²) in [5.41, 5.74) is 5.42. The summed E-state index contributed by atoms with van der Waals surface area (Å²) in [5.74, 6) is 0. The lowest BCUT2D eigenvalue weighted by atomic mass is 9.92. The minimum atomic E-state index is 1.32. The van der Waals surface area contributed by atoms with Crippen molar-refractivity contribution in [1.29, 1.82) is 0 Å². The summed E-state index contributed by atoms with van der Waals surface area (Å²) in [7, 11) is 0. The fraction of sp³-hybridized carbons (Fsp3) is 0.154. The molecule has 0 aliphatic heterocycles. The van der Waals surface area contributed by atoms with Crippen LogP contribution in [0.4, 0.5) is 0 Å². The highest BCUT2D eigenvalue weighted by Crippen LogP contribution is 2.34. The van der Waals surface area contributed by atoms with Crippen LogP contribution in [-0.2, 0) is 0 Å². The number of benzene rings is 5. The third-order valence-electron chi connectivity index (χ3n) is 6.02. The third-order valence-corrected chi connectivity index (χ3v) is 6.02. The zero-order valence-corrected chi connectivity index (χ0v) is 15.8. The van der Waals surface area contributed by atoms with Gasteiger partial charge in [0.15, 0.2) is 0 Å². The maximum absolute atomic E-state index is 2.40. The molecule has 0 aliphatic carbocycles. The number of rotatable bonds is 0. The molecule has 5 aromatic rings. The van der Waals surface area contributed by atoms with Crippen LogP contribution >= 0.6 is 0 Å². The van der Waals surface area contributed by atoms with Gasteiger partial charge in [0, 0.05) is 0 Å². The average molecular weight is 334 g/mol. The van der Waals surface area contributed by atoms with Gasteiger partial charge in [0.05, 0.1) is 0 Å². The Bertz CT molecular complexity index is 1250. The molecule has 0 saturated heterocycles. The van der Waals surface area contributed by atoms with Crippen molar-refractivity contribution in [1.82, 2.24) is 0 Å². The molecular formula is C26H22. The maximum atomic E-state index is 2.40. The van der Waals surface area contributed by atoms with Crippen molar-refractivity contribution in [3.63, 3.8) is 0 Å². The van der Waals surface area contributed by atoms with Crippen molar-refractivity contribution >= 4 is 43.1 Å². The van der Waals surface area contributed by atoms with Crippen LogP contribution in [0.5, 0.6) is 0 Å². The standard InChI is InChI=1S/C26H22/c1-15-9-19-5-7-21-13-22-8-6-20-10-16(2)18(4)12-24(20)26(22)14-25(21)23(19)11-17(15)3/h5-14H,1-4H3. The van der Waals surface area contributed by atoms with Crippen LogP contribution in [0.2, 0.25) is 0 Å². The fourth-order valence-corrected chi connectivity index (χ4v) is 4.15. The van der Waals surface area contributed by atoms with E-state index in [1.165, 1.54) is 65.3 Å². The number of hydrogen-bond donors (Lipinski definition) is 0. The second-order valence-corrected chi connectivity index (χ2v) is 7.74. The van der Waals surface area contributed by atoms with Crippen molar-refractivity contribution in [3.8, 4) is 0 Å². The lowest BCUT2D eigenvalue weighted by Gasteiger charge is -2.12. The molecule has 5 aromatic carbocycles. The highest BCUT2D eigenvalue weighted by Gasteiger charge is 2.08. The maximum Gasteiger partial charge on any atom is -0.00987 e. The monoisotopic (exact) mass is 334 g/mol. The Morgan fingerprint density at radius 1 is 0.346 bits per heavy atom. The molecule has 0 amide bonds. The van der Waals surface area contributed by atoms with Gasteiger partial charge in [-0.2, -0.15) is 0 Å². The number of aryl methyl sites for hydroxylation is 4. The van der Waals surface area contributed by atoms with Crippen LogP contribution in [-0.4, -0.2) is 0 Å². The Morgan fingerprint density at radius 3 is 1.08 bits per heavy atom. The molecule has 0 heteroatoms. The van der Waals surface area contributed by atoms with Gasteiger partial charge < -0.3 is 0 Å². The van der Waals surface area contributed by atoms with Crippen LogP contribution < -0.4 is 0 Å². The number of hydrogen-bond acceptors (Lipinski definition) is 0. The molecule has 0 atom stereocenters. The molecule has 0 aliphatic rings. The van der Waals surface area contributed by atoms with Crippen LogP contribution in [0, 0.1) is 27.7 Å². The SMILES string of the molecule is Cc1cc2ccc3cc4ccc5cc(C)c(C)cc5c4cc3c2cc1C. The molecule has 0 bridgehead atoms. The van der Waals surface area contributed by atoms with Crippen molar-refractivity contribution in [2.45, 2.75) is 27.7 Å². The highest BCUT2D eigenvalue weighted by molar-refractivity contribution is 6.17. The predicted octanol–water partition coefficient (Wildman–Crippen LogP) is 7.53. The molecule has 0 nitrogen and oxygen atoms in total. The first kappa shape index (κ1) is 15.4. The molecule has 0 fully saturated rings. The summed E-state index contributed by atoms with van der Waals surface area (Å²) in [6.45, 7) is 8.79. The first-order valence-corrected chi connectivity index (χ1v) is 9.29. The van der Waals surface area contributed by atoms with Crippen molar-refractivity contribution in [2.75, 3.05) is 0 Å². The average Bonchev–Trinajstić information content (AvgIpc) is 2.62. The number of fused-ring (bicyclic) bond motifs is 6. The van der Waals surface area contributed by atoms with Crippen LogP contribution in [0.1, 0.15) is 22.3 Å². The Hall–Kier alpha value is -2.86. The van der Waals surface area contributed by atoms with E-state index >= 15 is 0 Å². The minimum Gasteiger partial charge on any atom is -0.0537 e. The Balaban J connectivity index is 1.99. The van der Waals surface area contributed by atoms with E-state index in [-0.39, 0.29) is 0 Å². The molecule has 26 heavy (non-hydrogen) atoms. The predicted molar refractivity (Wildman–Crippen MR) is 115 cm³/mol. The van der Waals surface area contributed by atoms with Gasteiger partial charge in [0.1, 0.15) is 0 Å². The second kappa shape index (κ2) is 5.32. The largest absolute Gasteiger partial charge is 0.0537 e. The molecule has 5 rings (SSSR count). The second-order valence-electron chi connectivity index (χ2n) is 7.74. The van der Waals surface area contributed by atoms with E-state index in [2.05, 4.69) is 88.4 Å². The van der Waals surface area contributed by atoms with E-state index in [9.17, 15) is 0 Å². The Labute approximate surface area is 154 Å². The van der Waals surface area contributed by atoms with Crippen LogP contribution in [0.15, 0.2) is 60.7 Å². The molecular weight excluding hydrogens is 312 g/mol. The summed E-state index contributed by atoms with van der Waals surface area (Å²) >= 11 is 0. The van der Waals surface area contributed by atoms with Gasteiger partial charge in [-0.1, -0.05) is 48.5 Å². The Kier molecular flexibility index (Phi) is 3.15. The van der Waals surface area contributed by atoms with Crippen molar-refractivity contribution < 1.29 is 0 Å². The van der Waals surface area contributed by atoms with E-state index in [1.54, 1.807) is 0 Å². The quantitative estimate of drug-likeness (QED) is 0.203. The zero-order valence-electron chi connectivity index (χ0n) is 15.8. The zero-order chi connectivity index (χ0) is 18.0. The summed E-state index contributed by atoms with van der Waals surface area (Å²) < 4.78 is 0. The molecule has 0 spiro atoms. The fourth-order valence-electron chi connectivity index (χ4n) is 4.15. The normalized spacial score (nSPS) is 11.8. The van der Waals surface area contributed by atoms with Gasteiger partial charge in [-0.15, -0.1) is 0 Å². The Morgan fingerprint density at radius 2 is 0.654 bits per heavy atom. The van der Waals surface area contributed by atoms with E-state index in [4.69, 9.17) is 0 Å². The van der Waals surface area contributed by atoms with Crippen molar-refractivity contribution in [2.24, 2.45) is 0 Å². The molecule has 0 heterocycles. The van der Waals surface area contributed by atoms with Gasteiger partial charge in [0.25, 0.3) is 0 Å². The lowest BCUT2D eigenvalue weighted by Crippen LogP contribution is -1.87. The van der Waals surface area contributed by atoms with E-state index < -0.39 is 0 Å². The molecule has 0 saturated carbocycles. The third kappa shape index (κ3) is 2.15. The summed E-state index contributed by atoms with van der Waals surface area (Å²) in [4.78, 5) is 0. The van der Waals surface area contributed by atoms with E-state index in [0.717, 1.165) is 0 Å². The smallest absolute Gasteiger partial charge is 0.00987 e. The van der Waals surface area contributed by atoms with Crippen LogP contribution in [0.3, 0.4) is 0 Å². The van der Waals surface area contributed by atoms with Crippen LogP contribution in [0.25, 0.3) is 43.1 Å². The molecule has 0 aromatic heterocycles. The molecule has 0 radical (unpaired) electrons. The molecule has 126 valence electrons. The summed E-state index contributed by atoms with van der Waals surface area (Å²) in [6, 6.07) is 23.1. The minimum absolute atomic E-state index is 1.32. The van der Waals surface area contributed by atoms with Gasteiger partial charge in [0.2, 0.25) is 0 Å². The molecule has 0 unspecified atom stereocenters. The summed E-state index contributed by atoms with van der Waals surface area (Å²) in [5, 5.41) is 10.7. The van der Waals surface area contributed by atoms with Gasteiger partial charge in [-0.05, 0) is 105 Å². The van der Waals surface area contributed by atoms with E-state index in [0.29, 0.717) is 0 Å². The molecule has 0 N–H and O–H groups in total. The van der Waals surface area contributed by atoms with Crippen molar-refractivity contribution in [3.05, 3.63) is 82.9 Å². The van der Waals surface area contributed by atoms with Gasteiger partial charge in [-0.25, -0.2) is 0 Å². The van der Waals surface area contributed by atoms with Gasteiger partial charge >= 0.3 is 0 Å². The summed E-state index contributed by atoms with van der Waals surface area (Å²) in [6.07, 6.45) is 0. The topological polar surface area (TPSA) is 0 Å². The van der Waals surface area contributed by atoms with E-state index in [1.807, 2.05) is 0 Å². The van der Waals surface area contributed by atoms with Gasteiger partial charge in [-0.3, -0.25) is 0 Å². The first-order valence-electron chi connectivity index (χ1n) is 9.29. The highest BCUT2D eigenvalue weighted by atomic mass is 14.1. The first-order chi connectivity index (χ1) is 12.5.